The fraction of sp³-hybridized carbons (Fsp3) is 0.357. The molecule has 0 spiro atoms. The monoisotopic (exact) mass is 249 g/mol. The third-order valence-corrected chi connectivity index (χ3v) is 2.66. The Hall–Kier alpha value is -1.46. The van der Waals surface area contributed by atoms with E-state index in [-0.39, 0.29) is 6.10 Å². The Morgan fingerprint density at radius 2 is 2.18 bits per heavy atom. The minimum Gasteiger partial charge on any atom is -0.491 e. The van der Waals surface area contributed by atoms with Crippen molar-refractivity contribution in [1.29, 1.82) is 5.26 Å². The van der Waals surface area contributed by atoms with E-state index in [0.29, 0.717) is 17.0 Å². The lowest BCUT2D eigenvalue weighted by Crippen LogP contribution is -2.05. The molecule has 0 unspecified atom stereocenters. The van der Waals surface area contributed by atoms with E-state index in [1.807, 2.05) is 45.0 Å². The molecule has 0 atom stereocenters. The Bertz CT molecular complexity index is 458. The van der Waals surface area contributed by atoms with Gasteiger partial charge in [0.25, 0.3) is 0 Å². The van der Waals surface area contributed by atoms with E-state index in [4.69, 9.17) is 21.6 Å². The number of ether oxygens (including phenoxy) is 1. The molecule has 0 aliphatic carbocycles. The molecule has 2 nitrogen and oxygen atoms in total. The zero-order valence-electron chi connectivity index (χ0n) is 10.3. The molecule has 0 aliphatic heterocycles. The summed E-state index contributed by atoms with van der Waals surface area (Å²) < 4.78 is 5.59. The fourth-order valence-electron chi connectivity index (χ4n) is 1.44. The van der Waals surface area contributed by atoms with E-state index in [2.05, 4.69) is 6.07 Å². The molecule has 0 aromatic heterocycles. The van der Waals surface area contributed by atoms with Gasteiger partial charge in [-0.3, -0.25) is 0 Å². The normalized spacial score (nSPS) is 12.0. The second kappa shape index (κ2) is 6.32. The molecular weight excluding hydrogens is 234 g/mol. The van der Waals surface area contributed by atoms with Crippen LogP contribution in [0.2, 0.25) is 0 Å². The molecule has 1 aromatic carbocycles. The van der Waals surface area contributed by atoms with Crippen molar-refractivity contribution in [2.24, 2.45) is 0 Å². The van der Waals surface area contributed by atoms with Crippen LogP contribution in [0.3, 0.4) is 0 Å². The van der Waals surface area contributed by atoms with Gasteiger partial charge in [0.1, 0.15) is 5.75 Å². The number of hydrogen-bond acceptors (Lipinski definition) is 2. The van der Waals surface area contributed by atoms with Gasteiger partial charge in [-0.15, -0.1) is 0 Å². The molecule has 1 aromatic rings. The van der Waals surface area contributed by atoms with Gasteiger partial charge in [0.05, 0.1) is 17.2 Å². The Morgan fingerprint density at radius 1 is 1.47 bits per heavy atom. The highest BCUT2D eigenvalue weighted by Crippen LogP contribution is 2.27. The highest BCUT2D eigenvalue weighted by molar-refractivity contribution is 6.49. The summed E-state index contributed by atoms with van der Waals surface area (Å²) in [6.07, 6.45) is 0.750. The molecule has 17 heavy (non-hydrogen) atoms. The molecular formula is C14H16ClNO. The summed E-state index contributed by atoms with van der Waals surface area (Å²) >= 11 is 6.18. The van der Waals surface area contributed by atoms with Crippen molar-refractivity contribution in [2.75, 3.05) is 0 Å². The predicted octanol–water partition coefficient (Wildman–Crippen LogP) is 4.36. The SMILES string of the molecule is CCC(C#N)=C(Cl)c1cccc(OC(C)C)c1. The summed E-state index contributed by atoms with van der Waals surface area (Å²) in [5, 5.41) is 9.45. The van der Waals surface area contributed by atoms with Gasteiger partial charge in [-0.25, -0.2) is 0 Å². The number of nitrogens with zero attached hydrogens (tertiary/aromatic N) is 1. The summed E-state index contributed by atoms with van der Waals surface area (Å²) in [6, 6.07) is 9.61. The smallest absolute Gasteiger partial charge is 0.120 e. The largest absolute Gasteiger partial charge is 0.491 e. The molecule has 90 valence electrons. The molecule has 0 fully saturated rings. The second-order valence-corrected chi connectivity index (χ2v) is 4.33. The van der Waals surface area contributed by atoms with Crippen LogP contribution in [0, 0.1) is 11.3 Å². The number of hydrogen-bond donors (Lipinski definition) is 0. The second-order valence-electron chi connectivity index (χ2n) is 3.95. The van der Waals surface area contributed by atoms with E-state index in [9.17, 15) is 0 Å². The van der Waals surface area contributed by atoms with Crippen LogP contribution >= 0.6 is 11.6 Å². The summed E-state index contributed by atoms with van der Waals surface area (Å²) in [6.45, 7) is 5.85. The van der Waals surface area contributed by atoms with Gasteiger partial charge < -0.3 is 4.74 Å². The minimum atomic E-state index is 0.120. The van der Waals surface area contributed by atoms with Crippen molar-refractivity contribution < 1.29 is 4.74 Å². The maximum Gasteiger partial charge on any atom is 0.120 e. The number of allylic oxidation sites excluding steroid dienone is 1. The summed E-state index contributed by atoms with van der Waals surface area (Å²) in [4.78, 5) is 0. The van der Waals surface area contributed by atoms with Crippen molar-refractivity contribution in [1.82, 2.24) is 0 Å². The van der Waals surface area contributed by atoms with Gasteiger partial charge >= 0.3 is 0 Å². The van der Waals surface area contributed by atoms with Crippen LogP contribution < -0.4 is 4.74 Å². The minimum absolute atomic E-state index is 0.120. The zero-order chi connectivity index (χ0) is 12.8. The summed E-state index contributed by atoms with van der Waals surface area (Å²) in [5.41, 5.74) is 1.41. The lowest BCUT2D eigenvalue weighted by atomic mass is 10.1. The van der Waals surface area contributed by atoms with Crippen LogP contribution in [-0.2, 0) is 0 Å². The quantitative estimate of drug-likeness (QED) is 0.743. The van der Waals surface area contributed by atoms with Crippen LogP contribution in [0.15, 0.2) is 29.8 Å². The summed E-state index contributed by atoms with van der Waals surface area (Å²) in [5.74, 6) is 0.768. The van der Waals surface area contributed by atoms with Crippen molar-refractivity contribution in [3.8, 4) is 11.8 Å². The first-order valence-electron chi connectivity index (χ1n) is 5.64. The molecule has 0 saturated carbocycles. The number of halogens is 1. The van der Waals surface area contributed by atoms with Gasteiger partial charge in [0.15, 0.2) is 0 Å². The van der Waals surface area contributed by atoms with Gasteiger partial charge in [-0.2, -0.15) is 5.26 Å². The van der Waals surface area contributed by atoms with Crippen LogP contribution in [-0.4, -0.2) is 6.10 Å². The molecule has 0 aliphatic rings. The van der Waals surface area contributed by atoms with Gasteiger partial charge in [-0.1, -0.05) is 30.7 Å². The van der Waals surface area contributed by atoms with Crippen molar-refractivity contribution in [3.05, 3.63) is 35.4 Å². The van der Waals surface area contributed by atoms with Crippen LogP contribution in [0.5, 0.6) is 5.75 Å². The Morgan fingerprint density at radius 3 is 2.71 bits per heavy atom. The van der Waals surface area contributed by atoms with Crippen LogP contribution in [0.25, 0.3) is 5.03 Å². The molecule has 0 amide bonds. The Labute approximate surface area is 107 Å². The van der Waals surface area contributed by atoms with Gasteiger partial charge in [-0.05, 0) is 38.0 Å². The predicted molar refractivity (Wildman–Crippen MR) is 70.9 cm³/mol. The van der Waals surface area contributed by atoms with E-state index < -0.39 is 0 Å². The molecule has 0 N–H and O–H groups in total. The van der Waals surface area contributed by atoms with Gasteiger partial charge in [0, 0.05) is 5.57 Å². The highest BCUT2D eigenvalue weighted by Gasteiger charge is 2.07. The van der Waals surface area contributed by atoms with E-state index >= 15 is 0 Å². The van der Waals surface area contributed by atoms with Crippen LogP contribution in [0.4, 0.5) is 0 Å². The third-order valence-electron chi connectivity index (χ3n) is 2.21. The molecule has 0 bridgehead atoms. The molecule has 3 heteroatoms. The fourth-order valence-corrected chi connectivity index (χ4v) is 1.73. The third kappa shape index (κ3) is 3.80. The molecule has 0 radical (unpaired) electrons. The Kier molecular flexibility index (Phi) is 5.06. The number of benzene rings is 1. The lowest BCUT2D eigenvalue weighted by Gasteiger charge is -2.11. The van der Waals surface area contributed by atoms with Crippen molar-refractivity contribution >= 4 is 16.6 Å². The summed E-state index contributed by atoms with van der Waals surface area (Å²) in [7, 11) is 0. The lowest BCUT2D eigenvalue weighted by molar-refractivity contribution is 0.242. The Balaban J connectivity index is 3.08. The number of nitriles is 1. The first-order valence-corrected chi connectivity index (χ1v) is 6.02. The average Bonchev–Trinajstić information content (AvgIpc) is 2.30. The van der Waals surface area contributed by atoms with Crippen molar-refractivity contribution in [3.63, 3.8) is 0 Å². The maximum atomic E-state index is 8.95. The zero-order valence-corrected chi connectivity index (χ0v) is 11.1. The topological polar surface area (TPSA) is 33.0 Å². The van der Waals surface area contributed by atoms with Gasteiger partial charge in [0.2, 0.25) is 0 Å². The molecule has 0 heterocycles. The average molecular weight is 250 g/mol. The highest BCUT2D eigenvalue weighted by atomic mass is 35.5. The van der Waals surface area contributed by atoms with E-state index in [1.54, 1.807) is 0 Å². The molecule has 0 saturated heterocycles. The maximum absolute atomic E-state index is 8.95. The van der Waals surface area contributed by atoms with Crippen molar-refractivity contribution in [2.45, 2.75) is 33.3 Å². The van der Waals surface area contributed by atoms with Crippen LogP contribution in [0.1, 0.15) is 32.8 Å². The molecule has 1 rings (SSSR count). The van der Waals surface area contributed by atoms with E-state index in [1.165, 1.54) is 0 Å². The first-order chi connectivity index (χ1) is 8.08. The standard InChI is InChI=1S/C14H16ClNO/c1-4-11(9-16)14(15)12-6-5-7-13(8-12)17-10(2)3/h5-8,10H,4H2,1-3H3. The van der Waals surface area contributed by atoms with E-state index in [0.717, 1.165) is 11.3 Å². The number of rotatable bonds is 4. The first kappa shape index (κ1) is 13.6.